The molecule has 0 fully saturated rings. The first-order valence-corrected chi connectivity index (χ1v) is 10.1. The highest BCUT2D eigenvalue weighted by molar-refractivity contribution is 7.08. The van der Waals surface area contributed by atoms with Gasteiger partial charge in [-0.15, -0.1) is 0 Å². The van der Waals surface area contributed by atoms with Crippen molar-refractivity contribution in [2.75, 3.05) is 0 Å². The summed E-state index contributed by atoms with van der Waals surface area (Å²) in [6, 6.07) is 9.17. The number of esters is 1. The molecule has 1 aromatic carbocycles. The Morgan fingerprint density at radius 1 is 1.10 bits per heavy atom. The van der Waals surface area contributed by atoms with Gasteiger partial charge in [0, 0.05) is 10.9 Å². The number of hydrogen-bond acceptors (Lipinski definition) is 9. The van der Waals surface area contributed by atoms with Crippen LogP contribution >= 0.6 is 11.3 Å². The van der Waals surface area contributed by atoms with Crippen LogP contribution in [-0.2, 0) is 11.3 Å². The lowest BCUT2D eigenvalue weighted by Gasteiger charge is -2.07. The molecular weight excluding hydrogens is 423 g/mol. The second-order valence-electron chi connectivity index (χ2n) is 6.61. The van der Waals surface area contributed by atoms with Crippen LogP contribution < -0.4 is 0 Å². The Morgan fingerprint density at radius 2 is 1.94 bits per heavy atom. The van der Waals surface area contributed by atoms with E-state index in [4.69, 9.17) is 13.8 Å². The standard InChI is InChI=1S/C21H13FN4O4S/c1-11-18-15(8-16(23-20(18)30-25-11)12-2-4-14(22)5-3-12)21(27)28-9-17-24-19(29-26-17)13-6-7-31-10-13/h2-8,10H,9H2,1H3. The molecular formula is C21H13FN4O4S. The van der Waals surface area contributed by atoms with E-state index in [-0.39, 0.29) is 29.5 Å². The number of benzene rings is 1. The molecule has 5 rings (SSSR count). The van der Waals surface area contributed by atoms with Gasteiger partial charge in [-0.3, -0.25) is 0 Å². The van der Waals surface area contributed by atoms with Crippen molar-refractivity contribution in [3.63, 3.8) is 0 Å². The summed E-state index contributed by atoms with van der Waals surface area (Å²) in [6.07, 6.45) is 0. The van der Waals surface area contributed by atoms with Gasteiger partial charge in [-0.2, -0.15) is 16.3 Å². The van der Waals surface area contributed by atoms with Crippen LogP contribution in [0.1, 0.15) is 21.9 Å². The van der Waals surface area contributed by atoms with Gasteiger partial charge in [-0.05, 0) is 48.7 Å². The van der Waals surface area contributed by atoms with Gasteiger partial charge in [-0.1, -0.05) is 10.3 Å². The number of carbonyl (C=O) groups excluding carboxylic acids is 1. The van der Waals surface area contributed by atoms with Crippen molar-refractivity contribution in [1.82, 2.24) is 20.3 Å². The highest BCUT2D eigenvalue weighted by atomic mass is 32.1. The molecule has 0 bridgehead atoms. The maximum Gasteiger partial charge on any atom is 0.339 e. The molecule has 31 heavy (non-hydrogen) atoms. The summed E-state index contributed by atoms with van der Waals surface area (Å²) in [5, 5.41) is 12.0. The fraction of sp³-hybridized carbons (Fsp3) is 0.0952. The first-order valence-electron chi connectivity index (χ1n) is 9.14. The minimum atomic E-state index is -0.621. The van der Waals surface area contributed by atoms with Gasteiger partial charge < -0.3 is 13.8 Å². The molecule has 154 valence electrons. The first-order chi connectivity index (χ1) is 15.1. The molecule has 0 radical (unpaired) electrons. The second-order valence-corrected chi connectivity index (χ2v) is 7.39. The third-order valence-electron chi connectivity index (χ3n) is 4.55. The molecule has 0 aliphatic rings. The largest absolute Gasteiger partial charge is 0.454 e. The number of fused-ring (bicyclic) bond motifs is 1. The minimum absolute atomic E-state index is 0.174. The molecule has 0 aliphatic carbocycles. The zero-order valence-electron chi connectivity index (χ0n) is 16.0. The smallest absolute Gasteiger partial charge is 0.339 e. The van der Waals surface area contributed by atoms with Crippen LogP contribution in [0.2, 0.25) is 0 Å². The molecule has 5 aromatic rings. The van der Waals surface area contributed by atoms with Crippen molar-refractivity contribution in [3.8, 4) is 22.7 Å². The fourth-order valence-electron chi connectivity index (χ4n) is 3.05. The first kappa shape index (κ1) is 19.1. The van der Waals surface area contributed by atoms with E-state index in [2.05, 4.69) is 20.3 Å². The van der Waals surface area contributed by atoms with E-state index in [9.17, 15) is 9.18 Å². The van der Waals surface area contributed by atoms with E-state index >= 15 is 0 Å². The van der Waals surface area contributed by atoms with E-state index in [1.807, 2.05) is 16.8 Å². The topological polar surface area (TPSA) is 104 Å². The zero-order chi connectivity index (χ0) is 21.4. The SMILES string of the molecule is Cc1noc2nc(-c3ccc(F)cc3)cc(C(=O)OCc3noc(-c4ccsc4)n3)c12. The van der Waals surface area contributed by atoms with Crippen molar-refractivity contribution in [2.24, 2.45) is 0 Å². The van der Waals surface area contributed by atoms with Gasteiger partial charge in [0.05, 0.1) is 27.9 Å². The summed E-state index contributed by atoms with van der Waals surface area (Å²) in [4.78, 5) is 21.5. The zero-order valence-corrected chi connectivity index (χ0v) is 16.9. The van der Waals surface area contributed by atoms with Crippen LogP contribution in [0.5, 0.6) is 0 Å². The molecule has 0 amide bonds. The van der Waals surface area contributed by atoms with Crippen LogP contribution in [0.15, 0.2) is 56.2 Å². The maximum absolute atomic E-state index is 13.3. The second kappa shape index (κ2) is 7.73. The number of hydrogen-bond donors (Lipinski definition) is 0. The van der Waals surface area contributed by atoms with Crippen molar-refractivity contribution >= 4 is 28.4 Å². The predicted molar refractivity (Wildman–Crippen MR) is 109 cm³/mol. The molecule has 0 N–H and O–H groups in total. The van der Waals surface area contributed by atoms with Crippen molar-refractivity contribution in [3.05, 3.63) is 70.1 Å². The summed E-state index contributed by atoms with van der Waals surface area (Å²) in [5.74, 6) is -0.404. The molecule has 0 aliphatic heterocycles. The van der Waals surface area contributed by atoms with Gasteiger partial charge in [0.2, 0.25) is 5.82 Å². The molecule has 0 saturated heterocycles. The number of aryl methyl sites for hydroxylation is 1. The predicted octanol–water partition coefficient (Wildman–Crippen LogP) is 4.81. The highest BCUT2D eigenvalue weighted by Gasteiger charge is 2.21. The number of carbonyl (C=O) groups is 1. The monoisotopic (exact) mass is 436 g/mol. The molecule has 0 spiro atoms. The van der Waals surface area contributed by atoms with Crippen LogP contribution in [0.4, 0.5) is 4.39 Å². The fourth-order valence-corrected chi connectivity index (χ4v) is 3.68. The number of rotatable bonds is 5. The van der Waals surface area contributed by atoms with Crippen LogP contribution in [-0.4, -0.2) is 26.3 Å². The van der Waals surface area contributed by atoms with E-state index in [1.165, 1.54) is 23.5 Å². The quantitative estimate of drug-likeness (QED) is 0.362. The molecule has 10 heteroatoms. The number of thiophene rings is 1. The van der Waals surface area contributed by atoms with E-state index in [0.717, 1.165) is 5.56 Å². The molecule has 8 nitrogen and oxygen atoms in total. The van der Waals surface area contributed by atoms with Gasteiger partial charge in [0.25, 0.3) is 11.6 Å². The van der Waals surface area contributed by atoms with Gasteiger partial charge in [0.1, 0.15) is 5.82 Å². The van der Waals surface area contributed by atoms with Crippen molar-refractivity contribution in [1.29, 1.82) is 0 Å². The highest BCUT2D eigenvalue weighted by Crippen LogP contribution is 2.28. The molecule has 4 aromatic heterocycles. The average molecular weight is 436 g/mol. The lowest BCUT2D eigenvalue weighted by Crippen LogP contribution is -2.08. The molecule has 0 saturated carbocycles. The summed E-state index contributed by atoms with van der Waals surface area (Å²) in [7, 11) is 0. The number of ether oxygens (including phenoxy) is 1. The maximum atomic E-state index is 13.3. The Hall–Kier alpha value is -3.92. The Morgan fingerprint density at radius 3 is 2.71 bits per heavy atom. The molecule has 4 heterocycles. The van der Waals surface area contributed by atoms with Crippen LogP contribution in [0.3, 0.4) is 0 Å². The molecule has 0 atom stereocenters. The normalized spacial score (nSPS) is 11.2. The Balaban J connectivity index is 1.43. The lowest BCUT2D eigenvalue weighted by atomic mass is 10.1. The number of pyridine rings is 1. The van der Waals surface area contributed by atoms with Gasteiger partial charge in [0.15, 0.2) is 6.61 Å². The summed E-state index contributed by atoms with van der Waals surface area (Å²) >= 11 is 1.51. The third-order valence-corrected chi connectivity index (χ3v) is 5.23. The number of halogens is 1. The number of aromatic nitrogens is 4. The van der Waals surface area contributed by atoms with E-state index in [1.54, 1.807) is 25.1 Å². The van der Waals surface area contributed by atoms with Gasteiger partial charge in [-0.25, -0.2) is 14.2 Å². The van der Waals surface area contributed by atoms with E-state index in [0.29, 0.717) is 28.2 Å². The van der Waals surface area contributed by atoms with Crippen LogP contribution in [0.25, 0.3) is 33.8 Å². The Bertz CT molecular complexity index is 1380. The van der Waals surface area contributed by atoms with E-state index < -0.39 is 5.97 Å². The summed E-state index contributed by atoms with van der Waals surface area (Å²) < 4.78 is 29.1. The van der Waals surface area contributed by atoms with Crippen LogP contribution in [0, 0.1) is 12.7 Å². The Kier molecular flexibility index (Phi) is 4.75. The third kappa shape index (κ3) is 3.68. The lowest BCUT2D eigenvalue weighted by molar-refractivity contribution is 0.0462. The Labute approximate surface area is 178 Å². The molecule has 0 unspecified atom stereocenters. The minimum Gasteiger partial charge on any atom is -0.454 e. The average Bonchev–Trinajstić information content (AvgIpc) is 3.53. The van der Waals surface area contributed by atoms with Gasteiger partial charge >= 0.3 is 5.97 Å². The summed E-state index contributed by atoms with van der Waals surface area (Å²) in [6.45, 7) is 1.53. The van der Waals surface area contributed by atoms with Crippen molar-refractivity contribution < 1.29 is 23.0 Å². The van der Waals surface area contributed by atoms with Crippen molar-refractivity contribution in [2.45, 2.75) is 13.5 Å². The summed E-state index contributed by atoms with van der Waals surface area (Å²) in [5.41, 5.74) is 2.75. The number of nitrogens with zero attached hydrogens (tertiary/aromatic N) is 4.